The van der Waals surface area contributed by atoms with E-state index in [1.165, 1.54) is 37.4 Å². The molecule has 166 valence electrons. The van der Waals surface area contributed by atoms with Crippen LogP contribution in [0.15, 0.2) is 78.4 Å². The van der Waals surface area contributed by atoms with E-state index < -0.39 is 34.2 Å². The second kappa shape index (κ2) is 8.54. The van der Waals surface area contributed by atoms with Gasteiger partial charge in [-0.05, 0) is 42.5 Å². The zero-order chi connectivity index (χ0) is 23.7. The standard InChI is InChI=1S/C24H17FN2O6/c1-33-17-12-10-15(11-13-17)26-21(18-4-2-3-5-19(18)25)20(23(29)24(26)30)22(28)14-6-8-16(9-7-14)27(31)32/h2-13,21,28H,1H3/t21-/m0/s1. The van der Waals surface area contributed by atoms with E-state index >= 15 is 0 Å². The lowest BCUT2D eigenvalue weighted by Gasteiger charge is -2.25. The van der Waals surface area contributed by atoms with Crippen molar-refractivity contribution in [3.63, 3.8) is 0 Å². The van der Waals surface area contributed by atoms with Crippen molar-refractivity contribution < 1.29 is 28.7 Å². The molecule has 1 atom stereocenters. The molecule has 0 radical (unpaired) electrons. The predicted molar refractivity (Wildman–Crippen MR) is 117 cm³/mol. The van der Waals surface area contributed by atoms with E-state index in [0.29, 0.717) is 11.4 Å². The van der Waals surface area contributed by atoms with Gasteiger partial charge in [-0.25, -0.2) is 4.39 Å². The lowest BCUT2D eigenvalue weighted by atomic mass is 9.94. The molecule has 1 saturated heterocycles. The number of nitro benzene ring substituents is 1. The zero-order valence-corrected chi connectivity index (χ0v) is 17.3. The van der Waals surface area contributed by atoms with Crippen LogP contribution in [0, 0.1) is 15.9 Å². The van der Waals surface area contributed by atoms with E-state index in [1.807, 2.05) is 0 Å². The molecule has 0 aromatic heterocycles. The fraction of sp³-hybridized carbons (Fsp3) is 0.0833. The van der Waals surface area contributed by atoms with Gasteiger partial charge in [0, 0.05) is 28.9 Å². The average Bonchev–Trinajstić information content (AvgIpc) is 3.09. The molecule has 0 unspecified atom stereocenters. The topological polar surface area (TPSA) is 110 Å². The molecule has 1 amide bonds. The van der Waals surface area contributed by atoms with Gasteiger partial charge in [-0.2, -0.15) is 0 Å². The van der Waals surface area contributed by atoms with Crippen LogP contribution < -0.4 is 9.64 Å². The molecule has 1 N–H and O–H groups in total. The number of anilines is 1. The molecule has 1 heterocycles. The summed E-state index contributed by atoms with van der Waals surface area (Å²) in [6, 6.07) is 15.5. The Morgan fingerprint density at radius 2 is 1.67 bits per heavy atom. The molecule has 0 aliphatic carbocycles. The van der Waals surface area contributed by atoms with Gasteiger partial charge in [0.25, 0.3) is 17.4 Å². The number of benzene rings is 3. The largest absolute Gasteiger partial charge is 0.507 e. The van der Waals surface area contributed by atoms with Crippen LogP contribution >= 0.6 is 0 Å². The molecule has 9 heteroatoms. The van der Waals surface area contributed by atoms with Crippen LogP contribution in [0.1, 0.15) is 17.2 Å². The van der Waals surface area contributed by atoms with Crippen LogP contribution in [0.25, 0.3) is 5.76 Å². The number of aliphatic hydroxyl groups is 1. The number of ether oxygens (including phenoxy) is 1. The monoisotopic (exact) mass is 448 g/mol. The maximum atomic E-state index is 14.8. The smallest absolute Gasteiger partial charge is 0.300 e. The van der Waals surface area contributed by atoms with Crippen molar-refractivity contribution >= 4 is 28.8 Å². The molecule has 0 bridgehead atoms. The Bertz CT molecular complexity index is 1290. The van der Waals surface area contributed by atoms with Crippen molar-refractivity contribution in [3.05, 3.63) is 105 Å². The number of Topliss-reactive ketones (excluding diaryl/α,β-unsaturated/α-hetero) is 1. The van der Waals surface area contributed by atoms with Gasteiger partial charge >= 0.3 is 0 Å². The van der Waals surface area contributed by atoms with E-state index in [0.717, 1.165) is 17.0 Å². The summed E-state index contributed by atoms with van der Waals surface area (Å²) in [5.74, 6) is -2.67. The number of hydrogen-bond donors (Lipinski definition) is 1. The van der Waals surface area contributed by atoms with E-state index in [4.69, 9.17) is 4.74 Å². The molecule has 33 heavy (non-hydrogen) atoms. The third-order valence-electron chi connectivity index (χ3n) is 5.35. The lowest BCUT2D eigenvalue weighted by molar-refractivity contribution is -0.384. The lowest BCUT2D eigenvalue weighted by Crippen LogP contribution is -2.29. The van der Waals surface area contributed by atoms with Crippen LogP contribution in [0.4, 0.5) is 15.8 Å². The van der Waals surface area contributed by atoms with Gasteiger partial charge < -0.3 is 9.84 Å². The minimum absolute atomic E-state index is 0.0102. The number of ketones is 1. The number of nitro groups is 1. The summed E-state index contributed by atoms with van der Waals surface area (Å²) >= 11 is 0. The first-order chi connectivity index (χ1) is 15.8. The second-order valence-electron chi connectivity index (χ2n) is 7.19. The van der Waals surface area contributed by atoms with Crippen molar-refractivity contribution in [2.45, 2.75) is 6.04 Å². The molecule has 1 aliphatic rings. The number of carbonyl (C=O) groups excluding carboxylic acids is 2. The minimum atomic E-state index is -1.25. The molecule has 3 aromatic rings. The van der Waals surface area contributed by atoms with Gasteiger partial charge in [0.1, 0.15) is 17.3 Å². The van der Waals surface area contributed by atoms with Gasteiger partial charge in [-0.15, -0.1) is 0 Å². The molecule has 1 aliphatic heterocycles. The number of carbonyl (C=O) groups is 2. The quantitative estimate of drug-likeness (QED) is 0.204. The Morgan fingerprint density at radius 3 is 2.24 bits per heavy atom. The van der Waals surface area contributed by atoms with Crippen LogP contribution in [0.5, 0.6) is 5.75 Å². The van der Waals surface area contributed by atoms with Crippen molar-refractivity contribution in [1.82, 2.24) is 0 Å². The van der Waals surface area contributed by atoms with E-state index in [2.05, 4.69) is 0 Å². The number of amides is 1. The van der Waals surface area contributed by atoms with Crippen LogP contribution in [0.2, 0.25) is 0 Å². The maximum Gasteiger partial charge on any atom is 0.300 e. The van der Waals surface area contributed by atoms with Crippen molar-refractivity contribution in [2.24, 2.45) is 0 Å². The van der Waals surface area contributed by atoms with Gasteiger partial charge in [0.05, 0.1) is 23.6 Å². The highest BCUT2D eigenvalue weighted by molar-refractivity contribution is 6.51. The highest BCUT2D eigenvalue weighted by Crippen LogP contribution is 2.43. The molecule has 4 rings (SSSR count). The van der Waals surface area contributed by atoms with Crippen LogP contribution in [-0.4, -0.2) is 28.8 Å². The number of non-ortho nitro benzene ring substituents is 1. The third-order valence-corrected chi connectivity index (χ3v) is 5.35. The van der Waals surface area contributed by atoms with Gasteiger partial charge in [0.15, 0.2) is 0 Å². The van der Waals surface area contributed by atoms with Crippen LogP contribution in [-0.2, 0) is 9.59 Å². The Hall–Kier alpha value is -4.53. The highest BCUT2D eigenvalue weighted by Gasteiger charge is 2.47. The fourth-order valence-corrected chi connectivity index (χ4v) is 3.73. The Kier molecular flexibility index (Phi) is 5.61. The zero-order valence-electron chi connectivity index (χ0n) is 17.3. The number of hydrogen-bond acceptors (Lipinski definition) is 6. The van der Waals surface area contributed by atoms with Gasteiger partial charge in [-0.1, -0.05) is 18.2 Å². The highest BCUT2D eigenvalue weighted by atomic mass is 19.1. The van der Waals surface area contributed by atoms with E-state index in [9.17, 15) is 29.2 Å². The summed E-state index contributed by atoms with van der Waals surface area (Å²) in [7, 11) is 1.48. The summed E-state index contributed by atoms with van der Waals surface area (Å²) < 4.78 is 20.0. The average molecular weight is 448 g/mol. The molecule has 8 nitrogen and oxygen atoms in total. The predicted octanol–water partition coefficient (Wildman–Crippen LogP) is 4.37. The molecule has 3 aromatic carbocycles. The van der Waals surface area contributed by atoms with Crippen LogP contribution in [0.3, 0.4) is 0 Å². The Balaban J connectivity index is 1.91. The summed E-state index contributed by atoms with van der Waals surface area (Å²) in [5, 5.41) is 21.9. The van der Waals surface area contributed by atoms with Crippen molar-refractivity contribution in [2.75, 3.05) is 12.0 Å². The van der Waals surface area contributed by atoms with Crippen molar-refractivity contribution in [3.8, 4) is 5.75 Å². The number of nitrogens with zero attached hydrogens (tertiary/aromatic N) is 2. The Labute approximate surface area is 187 Å². The molecule has 0 spiro atoms. The summed E-state index contributed by atoms with van der Waals surface area (Å²) in [5.41, 5.74) is -0.148. The first-order valence-corrected chi connectivity index (χ1v) is 9.77. The molecular formula is C24H17FN2O6. The second-order valence-corrected chi connectivity index (χ2v) is 7.19. The normalized spacial score (nSPS) is 17.3. The SMILES string of the molecule is COc1ccc(N2C(=O)C(=O)C(=C(O)c3ccc([N+](=O)[O-])cc3)[C@@H]2c2ccccc2F)cc1. The maximum absolute atomic E-state index is 14.8. The number of halogens is 1. The third kappa shape index (κ3) is 3.80. The number of methoxy groups -OCH3 is 1. The number of rotatable bonds is 5. The summed E-state index contributed by atoms with van der Waals surface area (Å²) in [4.78, 5) is 37.5. The van der Waals surface area contributed by atoms with E-state index in [1.54, 1.807) is 30.3 Å². The Morgan fingerprint density at radius 1 is 1.03 bits per heavy atom. The van der Waals surface area contributed by atoms with Crippen molar-refractivity contribution in [1.29, 1.82) is 0 Å². The summed E-state index contributed by atoms with van der Waals surface area (Å²) in [6.07, 6.45) is 0. The summed E-state index contributed by atoms with van der Waals surface area (Å²) in [6.45, 7) is 0. The minimum Gasteiger partial charge on any atom is -0.507 e. The first-order valence-electron chi connectivity index (χ1n) is 9.77. The molecular weight excluding hydrogens is 431 g/mol. The number of aliphatic hydroxyl groups excluding tert-OH is 1. The van der Waals surface area contributed by atoms with Gasteiger partial charge in [-0.3, -0.25) is 24.6 Å². The van der Waals surface area contributed by atoms with E-state index in [-0.39, 0.29) is 22.4 Å². The first kappa shape index (κ1) is 21.7. The van der Waals surface area contributed by atoms with Gasteiger partial charge in [0.2, 0.25) is 0 Å². The fourth-order valence-electron chi connectivity index (χ4n) is 3.73. The molecule has 0 saturated carbocycles. The molecule has 1 fully saturated rings.